The van der Waals surface area contributed by atoms with Crippen LogP contribution in [0.15, 0.2) is 60.9 Å². The molecule has 0 bridgehead atoms. The minimum absolute atomic E-state index is 0.193. The van der Waals surface area contributed by atoms with Gasteiger partial charge in [-0.1, -0.05) is 48.5 Å². The van der Waals surface area contributed by atoms with E-state index in [1.165, 1.54) is 12.0 Å². The Kier molecular flexibility index (Phi) is 5.75. The number of hydrogen-bond donors (Lipinski definition) is 0. The minimum atomic E-state index is -0.951. The molecule has 34 heavy (non-hydrogen) atoms. The van der Waals surface area contributed by atoms with E-state index in [1.807, 2.05) is 53.4 Å². The molecule has 1 aliphatic heterocycles. The molecule has 172 valence electrons. The number of rotatable bonds is 4. The van der Waals surface area contributed by atoms with Crippen molar-refractivity contribution in [2.24, 2.45) is 0 Å². The van der Waals surface area contributed by atoms with Gasteiger partial charge in [0.2, 0.25) is 0 Å². The van der Waals surface area contributed by atoms with Crippen LogP contribution in [-0.2, 0) is 4.79 Å². The minimum Gasteiger partial charge on any atom is -0.467 e. The average molecular weight is 478 g/mol. The van der Waals surface area contributed by atoms with Crippen LogP contribution in [0.4, 0.5) is 10.2 Å². The maximum absolute atomic E-state index is 13.3. The number of pyridine rings is 1. The summed E-state index contributed by atoms with van der Waals surface area (Å²) in [6.45, 7) is 4.78. The molecule has 3 heterocycles. The zero-order valence-corrected chi connectivity index (χ0v) is 19.2. The van der Waals surface area contributed by atoms with E-state index in [4.69, 9.17) is 21.3 Å². The number of benzene rings is 2. The summed E-state index contributed by atoms with van der Waals surface area (Å²) >= 11 is 6.52. The maximum atomic E-state index is 13.3. The number of nitrogens with zero attached hydrogens (tertiary/aromatic N) is 5. The van der Waals surface area contributed by atoms with Gasteiger partial charge in [-0.3, -0.25) is 4.79 Å². The van der Waals surface area contributed by atoms with E-state index >= 15 is 0 Å². The van der Waals surface area contributed by atoms with Gasteiger partial charge in [0.25, 0.3) is 5.91 Å². The van der Waals surface area contributed by atoms with Gasteiger partial charge in [0.05, 0.1) is 18.2 Å². The van der Waals surface area contributed by atoms with Crippen LogP contribution in [0.2, 0.25) is 5.02 Å². The second-order valence-electron chi connectivity index (χ2n) is 7.93. The Labute approximate surface area is 200 Å². The first-order valence-corrected chi connectivity index (χ1v) is 11.1. The molecule has 9 heteroatoms. The molecule has 0 radical (unpaired) electrons. The van der Waals surface area contributed by atoms with Gasteiger partial charge in [-0.05, 0) is 23.6 Å². The van der Waals surface area contributed by atoms with Crippen LogP contribution >= 0.6 is 11.6 Å². The predicted octanol–water partition coefficient (Wildman–Crippen LogP) is 4.64. The van der Waals surface area contributed by atoms with Gasteiger partial charge in [0.15, 0.2) is 11.5 Å². The molecule has 1 saturated heterocycles. The van der Waals surface area contributed by atoms with E-state index < -0.39 is 11.7 Å². The number of piperazine rings is 1. The van der Waals surface area contributed by atoms with Crippen molar-refractivity contribution in [3.05, 3.63) is 66.0 Å². The third-order valence-corrected chi connectivity index (χ3v) is 6.24. The number of anilines is 1. The SMILES string of the molecule is C=C(F)C(=O)N1CCN(c2nc(OC)nc3nc(-c4cccc5cccc(Cl)c45)ccc23)CC1. The molecule has 0 saturated carbocycles. The van der Waals surface area contributed by atoms with E-state index in [2.05, 4.69) is 16.5 Å². The van der Waals surface area contributed by atoms with Crippen molar-refractivity contribution in [3.63, 3.8) is 0 Å². The molecule has 1 aliphatic rings. The van der Waals surface area contributed by atoms with Crippen molar-refractivity contribution in [1.29, 1.82) is 0 Å². The Balaban J connectivity index is 1.55. The topological polar surface area (TPSA) is 71.5 Å². The van der Waals surface area contributed by atoms with Crippen LogP contribution < -0.4 is 9.64 Å². The quantitative estimate of drug-likeness (QED) is 0.399. The summed E-state index contributed by atoms with van der Waals surface area (Å²) in [6, 6.07) is 15.8. The molecule has 5 rings (SSSR count). The van der Waals surface area contributed by atoms with Gasteiger partial charge in [-0.2, -0.15) is 9.97 Å². The zero-order valence-electron chi connectivity index (χ0n) is 18.5. The molecule has 2 aromatic heterocycles. The molecule has 0 N–H and O–H groups in total. The van der Waals surface area contributed by atoms with E-state index in [0.717, 1.165) is 27.4 Å². The van der Waals surface area contributed by atoms with Crippen LogP contribution in [0.25, 0.3) is 33.1 Å². The van der Waals surface area contributed by atoms with Crippen molar-refractivity contribution in [1.82, 2.24) is 19.9 Å². The molecular formula is C25H21ClFN5O2. The molecule has 0 atom stereocenters. The normalized spacial score (nSPS) is 14.0. The van der Waals surface area contributed by atoms with Gasteiger partial charge in [0, 0.05) is 42.2 Å². The number of fused-ring (bicyclic) bond motifs is 2. The van der Waals surface area contributed by atoms with E-state index in [0.29, 0.717) is 42.7 Å². The van der Waals surface area contributed by atoms with Gasteiger partial charge in [-0.25, -0.2) is 9.37 Å². The Morgan fingerprint density at radius 3 is 2.47 bits per heavy atom. The van der Waals surface area contributed by atoms with Crippen molar-refractivity contribution < 1.29 is 13.9 Å². The van der Waals surface area contributed by atoms with Crippen LogP contribution in [0.1, 0.15) is 0 Å². The lowest BCUT2D eigenvalue weighted by molar-refractivity contribution is -0.128. The second-order valence-corrected chi connectivity index (χ2v) is 8.34. The lowest BCUT2D eigenvalue weighted by Crippen LogP contribution is -2.49. The maximum Gasteiger partial charge on any atom is 0.320 e. The fraction of sp³-hybridized carbons (Fsp3) is 0.200. The van der Waals surface area contributed by atoms with Crippen LogP contribution in [-0.4, -0.2) is 59.0 Å². The molecule has 0 unspecified atom stereocenters. The van der Waals surface area contributed by atoms with Gasteiger partial charge >= 0.3 is 6.01 Å². The molecule has 4 aromatic rings. The van der Waals surface area contributed by atoms with E-state index in [1.54, 1.807) is 0 Å². The molecular weight excluding hydrogens is 457 g/mol. The summed E-state index contributed by atoms with van der Waals surface area (Å²) in [7, 11) is 1.50. The van der Waals surface area contributed by atoms with Gasteiger partial charge in [0.1, 0.15) is 5.82 Å². The van der Waals surface area contributed by atoms with Gasteiger partial charge < -0.3 is 14.5 Å². The van der Waals surface area contributed by atoms with Crippen molar-refractivity contribution in [3.8, 4) is 17.3 Å². The third-order valence-electron chi connectivity index (χ3n) is 5.93. The molecule has 1 amide bonds. The third kappa shape index (κ3) is 3.90. The summed E-state index contributed by atoms with van der Waals surface area (Å²) in [5.41, 5.74) is 2.12. The van der Waals surface area contributed by atoms with E-state index in [9.17, 15) is 9.18 Å². The number of hydrogen-bond acceptors (Lipinski definition) is 6. The van der Waals surface area contributed by atoms with Crippen molar-refractivity contribution in [2.45, 2.75) is 0 Å². The Morgan fingerprint density at radius 1 is 1.03 bits per heavy atom. The molecule has 0 spiro atoms. The lowest BCUT2D eigenvalue weighted by Gasteiger charge is -2.35. The summed E-state index contributed by atoms with van der Waals surface area (Å²) in [5, 5.41) is 3.36. The van der Waals surface area contributed by atoms with Gasteiger partial charge in [-0.15, -0.1) is 0 Å². The monoisotopic (exact) mass is 477 g/mol. The summed E-state index contributed by atoms with van der Waals surface area (Å²) in [4.78, 5) is 29.2. The first-order chi connectivity index (χ1) is 16.5. The highest BCUT2D eigenvalue weighted by Gasteiger charge is 2.25. The second kappa shape index (κ2) is 8.87. The highest BCUT2D eigenvalue weighted by molar-refractivity contribution is 6.36. The van der Waals surface area contributed by atoms with E-state index in [-0.39, 0.29) is 6.01 Å². The first kappa shape index (κ1) is 22.0. The number of amides is 1. The predicted molar refractivity (Wildman–Crippen MR) is 131 cm³/mol. The Hall–Kier alpha value is -3.78. The highest BCUT2D eigenvalue weighted by Crippen LogP contribution is 2.35. The Bertz CT molecular complexity index is 1430. The van der Waals surface area contributed by atoms with Crippen LogP contribution in [0.5, 0.6) is 6.01 Å². The number of ether oxygens (including phenoxy) is 1. The molecule has 2 aromatic carbocycles. The largest absolute Gasteiger partial charge is 0.467 e. The number of methoxy groups -OCH3 is 1. The smallest absolute Gasteiger partial charge is 0.320 e. The molecule has 1 fully saturated rings. The van der Waals surface area contributed by atoms with Crippen LogP contribution in [0, 0.1) is 0 Å². The lowest BCUT2D eigenvalue weighted by atomic mass is 10.0. The van der Waals surface area contributed by atoms with Crippen LogP contribution in [0.3, 0.4) is 0 Å². The Morgan fingerprint density at radius 2 is 1.76 bits per heavy atom. The summed E-state index contributed by atoms with van der Waals surface area (Å²) in [6.07, 6.45) is 0. The molecule has 0 aliphatic carbocycles. The fourth-order valence-corrected chi connectivity index (χ4v) is 4.54. The standard InChI is InChI=1S/C25H21ClFN5O2/c1-15(27)24(33)32-13-11-31(12-14-32)23-18-9-10-20(28-22(18)29-25(30-23)34-2)17-7-3-5-16-6-4-8-19(26)21(16)17/h3-10H,1,11-14H2,2H3. The summed E-state index contributed by atoms with van der Waals surface area (Å²) < 4.78 is 18.6. The zero-order chi connectivity index (χ0) is 23.8. The number of halogens is 2. The summed E-state index contributed by atoms with van der Waals surface area (Å²) in [5.74, 6) is -0.972. The van der Waals surface area contributed by atoms with Crippen molar-refractivity contribution in [2.75, 3.05) is 38.2 Å². The van der Waals surface area contributed by atoms with Crippen molar-refractivity contribution >= 4 is 45.1 Å². The fourth-order valence-electron chi connectivity index (χ4n) is 4.26. The highest BCUT2D eigenvalue weighted by atomic mass is 35.5. The number of carbonyl (C=O) groups excluding carboxylic acids is 1. The number of carbonyl (C=O) groups is 1. The first-order valence-electron chi connectivity index (χ1n) is 10.8. The average Bonchev–Trinajstić information content (AvgIpc) is 2.87. The molecule has 7 nitrogen and oxygen atoms in total. The number of aromatic nitrogens is 3.